The van der Waals surface area contributed by atoms with E-state index in [9.17, 15) is 4.79 Å². The van der Waals surface area contributed by atoms with Crippen LogP contribution in [0.5, 0.6) is 0 Å². The van der Waals surface area contributed by atoms with E-state index in [0.29, 0.717) is 11.4 Å². The summed E-state index contributed by atoms with van der Waals surface area (Å²) >= 11 is 0. The molecule has 130 valence electrons. The van der Waals surface area contributed by atoms with Crippen molar-refractivity contribution in [3.05, 3.63) is 72.4 Å². The zero-order valence-corrected chi connectivity index (χ0v) is 14.2. The number of nitrogens with one attached hydrogen (secondary N) is 2. The molecule has 0 spiro atoms. The summed E-state index contributed by atoms with van der Waals surface area (Å²) in [5.74, 6) is 0.407. The predicted octanol–water partition coefficient (Wildman–Crippen LogP) is 4.10. The summed E-state index contributed by atoms with van der Waals surface area (Å²) in [5, 5.41) is 6.69. The molecule has 0 aliphatic carbocycles. The third-order valence-electron chi connectivity index (χ3n) is 4.65. The molecular weight excluding hydrogens is 338 g/mol. The summed E-state index contributed by atoms with van der Waals surface area (Å²) in [6.45, 7) is 0. The normalized spacial score (nSPS) is 11.3. The molecule has 4 N–H and O–H groups in total. The van der Waals surface area contributed by atoms with Crippen molar-refractivity contribution >= 4 is 50.3 Å². The molecule has 0 unspecified atom stereocenters. The number of rotatable bonds is 2. The smallest absolute Gasteiger partial charge is 0.256 e. The molecule has 6 heteroatoms. The Morgan fingerprint density at radius 3 is 2.74 bits per heavy atom. The zero-order chi connectivity index (χ0) is 18.4. The third-order valence-corrected chi connectivity index (χ3v) is 4.65. The second-order valence-electron chi connectivity index (χ2n) is 6.35. The third kappa shape index (κ3) is 2.55. The first-order valence-electron chi connectivity index (χ1n) is 8.52. The minimum Gasteiger partial charge on any atom is -0.369 e. The molecule has 0 radical (unpaired) electrons. The molecule has 0 saturated carbocycles. The number of nitrogens with two attached hydrogens (primary N) is 1. The quantitative estimate of drug-likeness (QED) is 0.445. The molecule has 5 aromatic rings. The zero-order valence-electron chi connectivity index (χ0n) is 14.2. The first kappa shape index (κ1) is 15.3. The standard InChI is InChI=1S/C21H15N5O/c22-21-24-17-8-7-16-15(9-10-23-16)18(17)19(26-21)25-20(27)14-6-5-12-3-1-2-4-13(12)11-14/h1-11H,(H,25,27)(H3,22,24,26). The number of benzene rings is 3. The van der Waals surface area contributed by atoms with Gasteiger partial charge in [0, 0.05) is 17.1 Å². The lowest BCUT2D eigenvalue weighted by Gasteiger charge is -2.11. The van der Waals surface area contributed by atoms with Crippen molar-refractivity contribution in [3.8, 4) is 0 Å². The Balaban J connectivity index is 1.62. The molecule has 2 heterocycles. The maximum Gasteiger partial charge on any atom is 0.256 e. The first-order chi connectivity index (χ1) is 13.2. The summed E-state index contributed by atoms with van der Waals surface area (Å²) in [6.07, 6.45) is 1.73. The van der Waals surface area contributed by atoms with E-state index in [1.54, 1.807) is 12.3 Å². The number of amides is 1. The largest absolute Gasteiger partial charge is 0.369 e. The van der Waals surface area contributed by atoms with E-state index in [1.807, 2.05) is 54.6 Å². The van der Waals surface area contributed by atoms with Gasteiger partial charge in [-0.1, -0.05) is 30.3 Å². The Labute approximate surface area is 154 Å². The van der Waals surface area contributed by atoms with Crippen molar-refractivity contribution in [2.24, 2.45) is 0 Å². The first-order valence-corrected chi connectivity index (χ1v) is 8.52. The van der Waals surface area contributed by atoms with Crippen LogP contribution in [0, 0.1) is 0 Å². The summed E-state index contributed by atoms with van der Waals surface area (Å²) in [6, 6.07) is 19.2. The van der Waals surface area contributed by atoms with Gasteiger partial charge in [-0.3, -0.25) is 9.78 Å². The molecule has 0 fully saturated rings. The van der Waals surface area contributed by atoms with Crippen molar-refractivity contribution < 1.29 is 4.79 Å². The van der Waals surface area contributed by atoms with E-state index in [2.05, 4.69) is 20.3 Å². The fourth-order valence-electron chi connectivity index (χ4n) is 3.38. The molecular formula is C21H15N5O. The number of nitrogens with zero attached hydrogens (tertiary/aromatic N) is 2. The van der Waals surface area contributed by atoms with Gasteiger partial charge in [0.25, 0.3) is 5.91 Å². The van der Waals surface area contributed by atoms with Crippen molar-refractivity contribution in [3.63, 3.8) is 0 Å². The summed E-state index contributed by atoms with van der Waals surface area (Å²) < 4.78 is 0. The van der Waals surface area contributed by atoms with Crippen LogP contribution in [0.1, 0.15) is 10.4 Å². The Bertz CT molecular complexity index is 1340. The Morgan fingerprint density at radius 2 is 1.85 bits per heavy atom. The summed E-state index contributed by atoms with van der Waals surface area (Å²) in [4.78, 5) is 24.5. The molecule has 0 atom stereocenters. The van der Waals surface area contributed by atoms with E-state index in [0.717, 1.165) is 32.6 Å². The molecule has 0 aliphatic heterocycles. The molecule has 1 amide bonds. The monoisotopic (exact) mass is 353 g/mol. The summed E-state index contributed by atoms with van der Waals surface area (Å²) in [7, 11) is 0. The van der Waals surface area contributed by atoms with Crippen molar-refractivity contribution in [1.82, 2.24) is 15.0 Å². The number of aromatic nitrogens is 3. The molecule has 6 nitrogen and oxygen atoms in total. The molecule has 3 aromatic carbocycles. The van der Waals surface area contributed by atoms with Crippen LogP contribution in [-0.2, 0) is 0 Å². The predicted molar refractivity (Wildman–Crippen MR) is 108 cm³/mol. The van der Waals surface area contributed by atoms with Crippen LogP contribution in [0.15, 0.2) is 66.9 Å². The number of hydrogen-bond acceptors (Lipinski definition) is 4. The Hall–Kier alpha value is -3.93. The Kier molecular flexibility index (Phi) is 3.30. The van der Waals surface area contributed by atoms with Crippen LogP contribution in [0.4, 0.5) is 11.8 Å². The van der Waals surface area contributed by atoms with Gasteiger partial charge in [0.05, 0.1) is 16.4 Å². The second-order valence-corrected chi connectivity index (χ2v) is 6.35. The Morgan fingerprint density at radius 1 is 1.00 bits per heavy atom. The lowest BCUT2D eigenvalue weighted by atomic mass is 10.1. The average molecular weight is 353 g/mol. The molecule has 0 saturated heterocycles. The summed E-state index contributed by atoms with van der Waals surface area (Å²) in [5.41, 5.74) is 8.08. The van der Waals surface area contributed by atoms with Gasteiger partial charge in [0.15, 0.2) is 5.95 Å². The average Bonchev–Trinajstić information content (AvgIpc) is 3.16. The van der Waals surface area contributed by atoms with Gasteiger partial charge in [-0.25, -0.2) is 0 Å². The van der Waals surface area contributed by atoms with E-state index < -0.39 is 0 Å². The van der Waals surface area contributed by atoms with Crippen LogP contribution in [0.3, 0.4) is 0 Å². The van der Waals surface area contributed by atoms with E-state index in [4.69, 9.17) is 5.73 Å². The van der Waals surface area contributed by atoms with Gasteiger partial charge in [-0.05, 0) is 41.1 Å². The van der Waals surface area contributed by atoms with E-state index >= 15 is 0 Å². The fraction of sp³-hybridized carbons (Fsp3) is 0. The maximum atomic E-state index is 12.9. The van der Waals surface area contributed by atoms with Gasteiger partial charge in [-0.2, -0.15) is 4.98 Å². The SMILES string of the molecule is Nc1nc(NC(=O)c2ccc3ccccc3c2)c2c(ccc3nccc32)[nH]1. The number of nitrogen functional groups attached to an aromatic ring is 1. The number of carbonyl (C=O) groups is 1. The van der Waals surface area contributed by atoms with Crippen LogP contribution in [-0.4, -0.2) is 20.9 Å². The van der Waals surface area contributed by atoms with Crippen LogP contribution >= 0.6 is 0 Å². The van der Waals surface area contributed by atoms with Crippen LogP contribution in [0.2, 0.25) is 0 Å². The number of H-pyrrole nitrogens is 1. The maximum absolute atomic E-state index is 12.9. The number of aromatic amines is 1. The lowest BCUT2D eigenvalue weighted by Crippen LogP contribution is -2.14. The van der Waals surface area contributed by atoms with E-state index in [-0.39, 0.29) is 11.9 Å². The molecule has 0 aliphatic rings. The molecule has 27 heavy (non-hydrogen) atoms. The minimum absolute atomic E-state index is 0.232. The highest BCUT2D eigenvalue weighted by molar-refractivity contribution is 6.15. The van der Waals surface area contributed by atoms with Crippen molar-refractivity contribution in [2.45, 2.75) is 0 Å². The molecule has 2 aromatic heterocycles. The lowest BCUT2D eigenvalue weighted by molar-refractivity contribution is 0.102. The van der Waals surface area contributed by atoms with Crippen molar-refractivity contribution in [1.29, 1.82) is 0 Å². The number of hydrogen-bond donors (Lipinski definition) is 3. The van der Waals surface area contributed by atoms with Gasteiger partial charge in [0.1, 0.15) is 5.82 Å². The second kappa shape index (κ2) is 5.81. The number of anilines is 2. The highest BCUT2D eigenvalue weighted by atomic mass is 16.1. The van der Waals surface area contributed by atoms with E-state index in [1.165, 1.54) is 0 Å². The minimum atomic E-state index is -0.239. The van der Waals surface area contributed by atoms with Gasteiger partial charge in [0.2, 0.25) is 0 Å². The van der Waals surface area contributed by atoms with Gasteiger partial charge >= 0.3 is 0 Å². The van der Waals surface area contributed by atoms with Crippen LogP contribution in [0.25, 0.3) is 32.6 Å². The van der Waals surface area contributed by atoms with Gasteiger partial charge in [-0.15, -0.1) is 0 Å². The number of fused-ring (bicyclic) bond motifs is 4. The van der Waals surface area contributed by atoms with Crippen LogP contribution < -0.4 is 11.1 Å². The highest BCUT2D eigenvalue weighted by Crippen LogP contribution is 2.30. The molecule has 0 bridgehead atoms. The van der Waals surface area contributed by atoms with Gasteiger partial charge < -0.3 is 16.0 Å². The molecule has 5 rings (SSSR count). The fourth-order valence-corrected chi connectivity index (χ4v) is 3.38. The topological polar surface area (TPSA) is 96.7 Å². The highest BCUT2D eigenvalue weighted by Gasteiger charge is 2.14. The number of carbonyl (C=O) groups excluding carboxylic acids is 1. The van der Waals surface area contributed by atoms with Crippen molar-refractivity contribution in [2.75, 3.05) is 11.1 Å².